The maximum absolute atomic E-state index is 12.4. The van der Waals surface area contributed by atoms with Gasteiger partial charge in [0, 0.05) is 12.2 Å². The van der Waals surface area contributed by atoms with E-state index in [0.29, 0.717) is 22.8 Å². The minimum atomic E-state index is -0.693. The van der Waals surface area contributed by atoms with E-state index in [0.717, 1.165) is 4.90 Å². The topological polar surface area (TPSA) is 129 Å². The molecule has 2 aromatic carbocycles. The number of nitrogens with zero attached hydrogens (tertiary/aromatic N) is 1. The lowest BCUT2D eigenvalue weighted by molar-refractivity contribution is -0.140. The molecule has 10 heteroatoms. The Hall–Kier alpha value is -4.44. The smallest absolute Gasteiger partial charge is 0.343 e. The zero-order chi connectivity index (χ0) is 25.2. The Bertz CT molecular complexity index is 1100. The normalized spacial score (nSPS) is 12.4. The number of carbonyl (C=O) groups excluding carboxylic acids is 4. The number of aliphatic hydroxyl groups is 1. The highest BCUT2D eigenvalue weighted by atomic mass is 16.6. The number of benzene rings is 2. The highest BCUT2D eigenvalue weighted by Crippen LogP contribution is 2.20. The van der Waals surface area contributed by atoms with Crippen molar-refractivity contribution in [1.29, 1.82) is 0 Å². The standard InChI is InChI=1S/C25H23NO9/c1-17(16-27)24(30)34-15-14-33-19-4-2-18(3-5-19)25(31)35-21-8-6-20(7-9-21)32-13-12-26-22(28)10-11-23(26)29/h2-11,27H,1,12-16H2. The van der Waals surface area contributed by atoms with Gasteiger partial charge in [-0.05, 0) is 48.5 Å². The van der Waals surface area contributed by atoms with Crippen LogP contribution in [0.4, 0.5) is 0 Å². The summed E-state index contributed by atoms with van der Waals surface area (Å²) in [5.41, 5.74) is 0.262. The minimum absolute atomic E-state index is 0.0208. The molecule has 1 aliphatic rings. The summed E-state index contributed by atoms with van der Waals surface area (Å²) in [6.45, 7) is 3.22. The van der Waals surface area contributed by atoms with Gasteiger partial charge in [0.25, 0.3) is 11.8 Å². The van der Waals surface area contributed by atoms with E-state index in [1.807, 2.05) is 0 Å². The molecule has 2 amide bonds. The van der Waals surface area contributed by atoms with Crippen LogP contribution in [0.5, 0.6) is 17.2 Å². The van der Waals surface area contributed by atoms with Crippen LogP contribution in [0.15, 0.2) is 72.8 Å². The average molecular weight is 481 g/mol. The first-order chi connectivity index (χ1) is 16.9. The van der Waals surface area contributed by atoms with Gasteiger partial charge in [-0.25, -0.2) is 9.59 Å². The molecule has 0 bridgehead atoms. The van der Waals surface area contributed by atoms with Gasteiger partial charge in [0.15, 0.2) is 0 Å². The fourth-order valence-corrected chi connectivity index (χ4v) is 2.82. The second kappa shape index (κ2) is 12.1. The number of rotatable bonds is 12. The Labute approximate surface area is 201 Å². The lowest BCUT2D eigenvalue weighted by Gasteiger charge is -2.14. The van der Waals surface area contributed by atoms with E-state index in [9.17, 15) is 19.2 Å². The van der Waals surface area contributed by atoms with Gasteiger partial charge in [-0.15, -0.1) is 0 Å². The van der Waals surface area contributed by atoms with Crippen molar-refractivity contribution in [3.8, 4) is 17.2 Å². The van der Waals surface area contributed by atoms with Crippen molar-refractivity contribution in [2.24, 2.45) is 0 Å². The highest BCUT2D eigenvalue weighted by molar-refractivity contribution is 6.12. The van der Waals surface area contributed by atoms with Gasteiger partial charge in [-0.1, -0.05) is 6.58 Å². The largest absolute Gasteiger partial charge is 0.492 e. The van der Waals surface area contributed by atoms with Gasteiger partial charge < -0.3 is 24.1 Å². The fraction of sp³-hybridized carbons (Fsp3) is 0.200. The Morgan fingerprint density at radius 1 is 0.800 bits per heavy atom. The second-order valence-electron chi connectivity index (χ2n) is 7.14. The molecule has 0 saturated heterocycles. The molecule has 10 nitrogen and oxygen atoms in total. The molecule has 0 aromatic heterocycles. The van der Waals surface area contributed by atoms with E-state index in [1.165, 1.54) is 24.3 Å². The molecule has 35 heavy (non-hydrogen) atoms. The average Bonchev–Trinajstić information content (AvgIpc) is 3.19. The number of imide groups is 1. The summed E-state index contributed by atoms with van der Waals surface area (Å²) in [7, 11) is 0. The molecule has 182 valence electrons. The van der Waals surface area contributed by atoms with Crippen molar-refractivity contribution in [2.45, 2.75) is 0 Å². The quantitative estimate of drug-likeness (QED) is 0.158. The summed E-state index contributed by atoms with van der Waals surface area (Å²) in [5.74, 6) is -0.735. The molecule has 0 atom stereocenters. The van der Waals surface area contributed by atoms with E-state index >= 15 is 0 Å². The monoisotopic (exact) mass is 481 g/mol. The third-order valence-electron chi connectivity index (χ3n) is 4.67. The number of esters is 2. The van der Waals surface area contributed by atoms with Crippen molar-refractivity contribution >= 4 is 23.8 Å². The number of hydrogen-bond donors (Lipinski definition) is 1. The highest BCUT2D eigenvalue weighted by Gasteiger charge is 2.22. The number of amides is 2. The molecule has 0 fully saturated rings. The number of carbonyl (C=O) groups is 4. The molecule has 0 aliphatic carbocycles. The summed E-state index contributed by atoms with van der Waals surface area (Å²) in [6, 6.07) is 12.6. The predicted molar refractivity (Wildman–Crippen MR) is 122 cm³/mol. The summed E-state index contributed by atoms with van der Waals surface area (Å²) < 4.78 is 21.2. The lowest BCUT2D eigenvalue weighted by atomic mass is 10.2. The van der Waals surface area contributed by atoms with Crippen LogP contribution in [0.3, 0.4) is 0 Å². The molecule has 0 saturated carbocycles. The van der Waals surface area contributed by atoms with E-state index in [-0.39, 0.29) is 43.8 Å². The second-order valence-corrected chi connectivity index (χ2v) is 7.14. The number of hydrogen-bond acceptors (Lipinski definition) is 9. The van der Waals surface area contributed by atoms with E-state index in [1.54, 1.807) is 36.4 Å². The molecule has 1 aliphatic heterocycles. The van der Waals surface area contributed by atoms with Crippen LogP contribution in [0.1, 0.15) is 10.4 Å². The SMILES string of the molecule is C=C(CO)C(=O)OCCOc1ccc(C(=O)Oc2ccc(OCCN3C(=O)C=CC3=O)cc2)cc1. The van der Waals surface area contributed by atoms with Crippen molar-refractivity contribution < 1.29 is 43.2 Å². The first-order valence-electron chi connectivity index (χ1n) is 10.5. The molecule has 2 aromatic rings. The van der Waals surface area contributed by atoms with Gasteiger partial charge in [-0.2, -0.15) is 0 Å². The first-order valence-corrected chi connectivity index (χ1v) is 10.5. The van der Waals surface area contributed by atoms with Crippen LogP contribution in [0.2, 0.25) is 0 Å². The van der Waals surface area contributed by atoms with E-state index in [2.05, 4.69) is 6.58 Å². The van der Waals surface area contributed by atoms with Crippen molar-refractivity contribution in [3.63, 3.8) is 0 Å². The molecule has 1 N–H and O–H groups in total. The van der Waals surface area contributed by atoms with Gasteiger partial charge >= 0.3 is 11.9 Å². The zero-order valence-corrected chi connectivity index (χ0v) is 18.7. The van der Waals surface area contributed by atoms with Gasteiger partial charge in [0.2, 0.25) is 0 Å². The number of aliphatic hydroxyl groups excluding tert-OH is 1. The predicted octanol–water partition coefficient (Wildman–Crippen LogP) is 1.68. The third kappa shape index (κ3) is 7.27. The van der Waals surface area contributed by atoms with Crippen LogP contribution < -0.4 is 14.2 Å². The van der Waals surface area contributed by atoms with E-state index < -0.39 is 18.5 Å². The van der Waals surface area contributed by atoms with Crippen molar-refractivity contribution in [3.05, 3.63) is 78.4 Å². The zero-order valence-electron chi connectivity index (χ0n) is 18.7. The Balaban J connectivity index is 1.40. The molecular formula is C25H23NO9. The van der Waals surface area contributed by atoms with Crippen LogP contribution >= 0.6 is 0 Å². The molecule has 0 unspecified atom stereocenters. The summed E-state index contributed by atoms with van der Waals surface area (Å²) in [4.78, 5) is 47.8. The third-order valence-corrected chi connectivity index (χ3v) is 4.67. The molecule has 0 spiro atoms. The van der Waals surface area contributed by atoms with Crippen LogP contribution in [0.25, 0.3) is 0 Å². The van der Waals surface area contributed by atoms with E-state index in [4.69, 9.17) is 24.1 Å². The maximum Gasteiger partial charge on any atom is 0.343 e. The maximum atomic E-state index is 12.4. The van der Waals surface area contributed by atoms with Gasteiger partial charge in [-0.3, -0.25) is 14.5 Å². The van der Waals surface area contributed by atoms with Crippen molar-refractivity contribution in [2.75, 3.05) is 33.0 Å². The molecule has 3 rings (SSSR count). The van der Waals surface area contributed by atoms with Crippen LogP contribution in [0, 0.1) is 0 Å². The van der Waals surface area contributed by atoms with Crippen molar-refractivity contribution in [1.82, 2.24) is 4.90 Å². The molecule has 0 radical (unpaired) electrons. The minimum Gasteiger partial charge on any atom is -0.492 e. The Morgan fingerprint density at radius 3 is 1.94 bits per heavy atom. The summed E-state index contributed by atoms with van der Waals surface area (Å²) in [5, 5.41) is 8.80. The first kappa shape index (κ1) is 25.2. The molecular weight excluding hydrogens is 458 g/mol. The van der Waals surface area contributed by atoms with Crippen LogP contribution in [-0.2, 0) is 19.1 Å². The van der Waals surface area contributed by atoms with Gasteiger partial charge in [0.1, 0.15) is 37.1 Å². The molecule has 1 heterocycles. The van der Waals surface area contributed by atoms with Gasteiger partial charge in [0.05, 0.1) is 24.3 Å². The Morgan fingerprint density at radius 2 is 1.34 bits per heavy atom. The number of ether oxygens (including phenoxy) is 4. The Kier molecular flexibility index (Phi) is 8.74. The summed E-state index contributed by atoms with van der Waals surface area (Å²) in [6.07, 6.45) is 2.43. The fourth-order valence-electron chi connectivity index (χ4n) is 2.82. The lowest BCUT2D eigenvalue weighted by Crippen LogP contribution is -2.33. The van der Waals surface area contributed by atoms with Crippen LogP contribution in [-0.4, -0.2) is 66.7 Å². The summed E-state index contributed by atoms with van der Waals surface area (Å²) >= 11 is 0.